The van der Waals surface area contributed by atoms with Crippen LogP contribution in [-0.4, -0.2) is 28.6 Å². The first-order valence-corrected chi connectivity index (χ1v) is 8.86. The van der Waals surface area contributed by atoms with Gasteiger partial charge >= 0.3 is 5.97 Å². The summed E-state index contributed by atoms with van der Waals surface area (Å²) in [6, 6.07) is 0. The molecular weight excluding hydrogens is 304 g/mol. The van der Waals surface area contributed by atoms with Gasteiger partial charge in [-0.15, -0.1) is 0 Å². The number of hydrogen-bond acceptors (Lipinski definition) is 3. The number of carbonyl (C=O) groups excluding carboxylic acids is 1. The van der Waals surface area contributed by atoms with E-state index < -0.39 is 12.1 Å². The van der Waals surface area contributed by atoms with E-state index in [2.05, 4.69) is 33.8 Å². The molecule has 2 aliphatic carbocycles. The predicted molar refractivity (Wildman–Crippen MR) is 93.5 cm³/mol. The van der Waals surface area contributed by atoms with Crippen LogP contribution in [0.15, 0.2) is 23.3 Å². The maximum absolute atomic E-state index is 11.2. The molecule has 24 heavy (non-hydrogen) atoms. The predicted octanol–water partition coefficient (Wildman–Crippen LogP) is 3.75. The molecule has 2 N–H and O–H groups in total. The van der Waals surface area contributed by atoms with Crippen molar-refractivity contribution in [1.82, 2.24) is 0 Å². The van der Waals surface area contributed by atoms with E-state index in [4.69, 9.17) is 5.11 Å². The quantitative estimate of drug-likeness (QED) is 0.456. The molecule has 0 unspecified atom stereocenters. The zero-order valence-electron chi connectivity index (χ0n) is 15.2. The molecule has 0 saturated heterocycles. The van der Waals surface area contributed by atoms with E-state index in [1.54, 1.807) is 0 Å². The molecule has 0 aliphatic heterocycles. The topological polar surface area (TPSA) is 74.6 Å². The zero-order valence-corrected chi connectivity index (χ0v) is 15.2. The number of aliphatic hydroxyl groups excluding tert-OH is 1. The van der Waals surface area contributed by atoms with Crippen molar-refractivity contribution in [2.75, 3.05) is 0 Å². The number of carboxylic acid groups (broad SMARTS) is 1. The molecule has 1 saturated carbocycles. The van der Waals surface area contributed by atoms with Crippen molar-refractivity contribution >= 4 is 12.3 Å². The molecule has 0 amide bonds. The van der Waals surface area contributed by atoms with Gasteiger partial charge in [0.05, 0.1) is 6.10 Å². The average molecular weight is 334 g/mol. The summed E-state index contributed by atoms with van der Waals surface area (Å²) in [5.41, 5.74) is 1.55. The van der Waals surface area contributed by atoms with Crippen molar-refractivity contribution < 1.29 is 19.8 Å². The Morgan fingerprint density at radius 3 is 2.62 bits per heavy atom. The summed E-state index contributed by atoms with van der Waals surface area (Å²) in [5.74, 6) is -0.485. The molecule has 1 fully saturated rings. The lowest BCUT2D eigenvalue weighted by molar-refractivity contribution is -0.131. The first-order valence-electron chi connectivity index (χ1n) is 8.86. The summed E-state index contributed by atoms with van der Waals surface area (Å²) < 4.78 is 0. The second-order valence-electron chi connectivity index (χ2n) is 8.49. The van der Waals surface area contributed by atoms with Gasteiger partial charge in [-0.05, 0) is 55.3 Å². The maximum Gasteiger partial charge on any atom is 0.328 e. The molecule has 2 aliphatic rings. The highest BCUT2D eigenvalue weighted by atomic mass is 16.4. The van der Waals surface area contributed by atoms with Crippen molar-refractivity contribution in [3.63, 3.8) is 0 Å². The summed E-state index contributed by atoms with van der Waals surface area (Å²) in [7, 11) is 0. The Hall–Kier alpha value is -1.42. The van der Waals surface area contributed by atoms with E-state index in [-0.39, 0.29) is 22.3 Å². The molecule has 2 rings (SSSR count). The summed E-state index contributed by atoms with van der Waals surface area (Å²) >= 11 is 0. The molecular formula is C20H30O4. The van der Waals surface area contributed by atoms with Gasteiger partial charge in [0.2, 0.25) is 0 Å². The van der Waals surface area contributed by atoms with Crippen LogP contribution in [0.2, 0.25) is 0 Å². The lowest BCUT2D eigenvalue weighted by atomic mass is 9.48. The Bertz CT molecular complexity index is 572. The van der Waals surface area contributed by atoms with Crippen molar-refractivity contribution in [1.29, 1.82) is 0 Å². The van der Waals surface area contributed by atoms with Crippen LogP contribution in [0.5, 0.6) is 0 Å². The summed E-state index contributed by atoms with van der Waals surface area (Å²) in [6.07, 6.45) is 7.50. The van der Waals surface area contributed by atoms with Crippen LogP contribution in [0.4, 0.5) is 0 Å². The Labute approximate surface area is 144 Å². The third kappa shape index (κ3) is 3.49. The standard InChI is InChI=1S/C20H30O4/c1-13-6-7-17-19(2,3)8-5-9-20(17,4)15(13)11-16(22)14(12-21)10-18(23)24/h6,10,12,15-17,22H,5,7-9,11H2,1-4H3,(H,23,24)/b14-10+/t15-,16-,17-,20+/m1/s1. The SMILES string of the molecule is CC1=CC[C@@H]2C(C)(C)CCC[C@@]2(C)[C@@H]1C[C@@H](O)/C(C=O)=C/C(=O)O. The first kappa shape index (κ1) is 18.9. The Morgan fingerprint density at radius 2 is 2.04 bits per heavy atom. The number of aldehydes is 1. The van der Waals surface area contributed by atoms with Crippen LogP contribution in [0.3, 0.4) is 0 Å². The van der Waals surface area contributed by atoms with E-state index >= 15 is 0 Å². The number of carbonyl (C=O) groups is 2. The van der Waals surface area contributed by atoms with E-state index in [1.807, 2.05) is 0 Å². The number of allylic oxidation sites excluding steroid dienone is 2. The molecule has 0 aromatic rings. The van der Waals surface area contributed by atoms with E-state index in [0.717, 1.165) is 18.9 Å². The fraction of sp³-hybridized carbons (Fsp3) is 0.700. The molecule has 0 spiro atoms. The monoisotopic (exact) mass is 334 g/mol. The summed E-state index contributed by atoms with van der Waals surface area (Å²) in [6.45, 7) is 9.08. The molecule has 134 valence electrons. The minimum Gasteiger partial charge on any atom is -0.478 e. The minimum atomic E-state index is -1.20. The highest BCUT2D eigenvalue weighted by Crippen LogP contribution is 2.60. The Balaban J connectivity index is 2.30. The Morgan fingerprint density at radius 1 is 1.38 bits per heavy atom. The van der Waals surface area contributed by atoms with Crippen LogP contribution in [0.25, 0.3) is 0 Å². The number of hydrogen-bond donors (Lipinski definition) is 2. The third-order valence-electron chi connectivity index (χ3n) is 6.57. The van der Waals surface area contributed by atoms with E-state index in [9.17, 15) is 14.7 Å². The van der Waals surface area contributed by atoms with Crippen LogP contribution in [-0.2, 0) is 9.59 Å². The first-order chi connectivity index (χ1) is 11.1. The van der Waals surface area contributed by atoms with Gasteiger partial charge in [0.25, 0.3) is 0 Å². The average Bonchev–Trinajstić information content (AvgIpc) is 2.47. The van der Waals surface area contributed by atoms with Crippen molar-refractivity contribution in [3.8, 4) is 0 Å². The lowest BCUT2D eigenvalue weighted by Gasteiger charge is -2.57. The highest BCUT2D eigenvalue weighted by molar-refractivity contribution is 5.89. The fourth-order valence-corrected chi connectivity index (χ4v) is 5.30. The van der Waals surface area contributed by atoms with Crippen LogP contribution in [0.1, 0.15) is 59.8 Å². The zero-order chi connectivity index (χ0) is 18.1. The molecule has 4 heteroatoms. The largest absolute Gasteiger partial charge is 0.478 e. The number of aliphatic carboxylic acids is 1. The molecule has 0 aromatic heterocycles. The molecule has 0 bridgehead atoms. The van der Waals surface area contributed by atoms with E-state index in [1.165, 1.54) is 18.4 Å². The van der Waals surface area contributed by atoms with Gasteiger partial charge in [-0.25, -0.2) is 4.79 Å². The van der Waals surface area contributed by atoms with Crippen molar-refractivity contribution in [3.05, 3.63) is 23.3 Å². The van der Waals surface area contributed by atoms with Crippen LogP contribution in [0, 0.1) is 22.7 Å². The van der Waals surface area contributed by atoms with Gasteiger partial charge < -0.3 is 10.2 Å². The normalized spacial score (nSPS) is 34.0. The van der Waals surface area contributed by atoms with E-state index in [0.29, 0.717) is 18.6 Å². The maximum atomic E-state index is 11.2. The van der Waals surface area contributed by atoms with Gasteiger partial charge in [0, 0.05) is 11.6 Å². The van der Waals surface area contributed by atoms with Gasteiger partial charge in [-0.2, -0.15) is 0 Å². The minimum absolute atomic E-state index is 0.0453. The van der Waals surface area contributed by atoms with Gasteiger partial charge in [-0.3, -0.25) is 4.79 Å². The van der Waals surface area contributed by atoms with Gasteiger partial charge in [0.1, 0.15) is 6.29 Å². The highest BCUT2D eigenvalue weighted by Gasteiger charge is 2.52. The van der Waals surface area contributed by atoms with Crippen molar-refractivity contribution in [2.24, 2.45) is 22.7 Å². The Kier molecular flexibility index (Phi) is 5.38. The third-order valence-corrected chi connectivity index (χ3v) is 6.57. The van der Waals surface area contributed by atoms with Crippen LogP contribution < -0.4 is 0 Å². The summed E-state index contributed by atoms with van der Waals surface area (Å²) in [5, 5.41) is 19.3. The van der Waals surface area contributed by atoms with Gasteiger partial charge in [0.15, 0.2) is 0 Å². The number of rotatable bonds is 5. The molecule has 4 nitrogen and oxygen atoms in total. The van der Waals surface area contributed by atoms with Gasteiger partial charge in [-0.1, -0.05) is 38.8 Å². The number of carboxylic acids is 1. The molecule has 4 atom stereocenters. The lowest BCUT2D eigenvalue weighted by Crippen LogP contribution is -2.49. The second-order valence-corrected chi connectivity index (χ2v) is 8.49. The van der Waals surface area contributed by atoms with Crippen LogP contribution >= 0.6 is 0 Å². The number of aliphatic hydroxyl groups is 1. The smallest absolute Gasteiger partial charge is 0.328 e. The number of fused-ring (bicyclic) bond motifs is 1. The summed E-state index contributed by atoms with van der Waals surface area (Å²) in [4.78, 5) is 22.0. The fourth-order valence-electron chi connectivity index (χ4n) is 5.30. The second kappa shape index (κ2) is 6.83. The molecule has 0 heterocycles. The molecule has 0 radical (unpaired) electrons. The van der Waals surface area contributed by atoms with Crippen molar-refractivity contribution in [2.45, 2.75) is 65.9 Å². The molecule has 0 aromatic carbocycles.